The van der Waals surface area contributed by atoms with Crippen LogP contribution in [0.1, 0.15) is 41.0 Å². The third-order valence-corrected chi connectivity index (χ3v) is 7.77. The van der Waals surface area contributed by atoms with Crippen molar-refractivity contribution in [2.24, 2.45) is 0 Å². The molecule has 10 heteroatoms. The number of hydrogen-bond donors (Lipinski definition) is 1. The lowest BCUT2D eigenvalue weighted by Crippen LogP contribution is -2.34. The number of pyridine rings is 1. The van der Waals surface area contributed by atoms with Gasteiger partial charge in [-0.05, 0) is 42.8 Å². The predicted octanol–water partition coefficient (Wildman–Crippen LogP) is 6.35. The number of methoxy groups -OCH3 is 1. The number of carbonyl (C=O) groups excluding carboxylic acids is 1. The van der Waals surface area contributed by atoms with Gasteiger partial charge in [-0.15, -0.1) is 0 Å². The van der Waals surface area contributed by atoms with Crippen LogP contribution in [0.5, 0.6) is 5.75 Å². The molecule has 42 heavy (non-hydrogen) atoms. The summed E-state index contributed by atoms with van der Waals surface area (Å²) in [5, 5.41) is 3.61. The summed E-state index contributed by atoms with van der Waals surface area (Å²) < 4.78 is 22.9. The lowest BCUT2D eigenvalue weighted by atomic mass is 10.0. The van der Waals surface area contributed by atoms with E-state index in [-0.39, 0.29) is 39.5 Å². The molecule has 0 aliphatic carbocycles. The van der Waals surface area contributed by atoms with Crippen molar-refractivity contribution in [1.29, 1.82) is 0 Å². The van der Waals surface area contributed by atoms with Gasteiger partial charge in [-0.2, -0.15) is 0 Å². The molecule has 0 unspecified atom stereocenters. The molecule has 8 nitrogen and oxygen atoms in total. The summed E-state index contributed by atoms with van der Waals surface area (Å²) in [6.07, 6.45) is 1.66. The first-order chi connectivity index (χ1) is 20.4. The molecule has 1 aliphatic heterocycles. The van der Waals surface area contributed by atoms with Gasteiger partial charge in [0.05, 0.1) is 29.3 Å². The molecule has 0 bridgehead atoms. The zero-order valence-electron chi connectivity index (χ0n) is 23.0. The van der Waals surface area contributed by atoms with Crippen LogP contribution < -0.4 is 20.5 Å². The smallest absolute Gasteiger partial charge is 0.264 e. The number of fused-ring (bicyclic) bond motifs is 2. The second-order valence-electron chi connectivity index (χ2n) is 10.1. The van der Waals surface area contributed by atoms with Crippen LogP contribution in [0.2, 0.25) is 5.02 Å². The van der Waals surface area contributed by atoms with Crippen LogP contribution >= 0.6 is 11.6 Å². The molecule has 0 spiro atoms. The monoisotopic (exact) mass is 583 g/mol. The summed E-state index contributed by atoms with van der Waals surface area (Å²) in [6, 6.07) is 20.5. The van der Waals surface area contributed by atoms with Crippen molar-refractivity contribution in [3.8, 4) is 11.4 Å². The molecule has 1 aliphatic rings. The molecule has 2 aromatic heterocycles. The number of ketones is 1. The molecule has 212 valence electrons. The first-order valence-corrected chi connectivity index (χ1v) is 13.9. The molecule has 1 atom stereocenters. The van der Waals surface area contributed by atoms with E-state index < -0.39 is 17.4 Å². The van der Waals surface area contributed by atoms with Crippen LogP contribution in [0.15, 0.2) is 83.9 Å². The second kappa shape index (κ2) is 11.3. The fraction of sp³-hybridized carbons (Fsp3) is 0.188. The van der Waals surface area contributed by atoms with Crippen molar-refractivity contribution >= 4 is 39.8 Å². The standard InChI is InChI=1S/C32H27ClFN5O3/c1-19(29-28(34)23-9-6-10-24(33)26(23)32(41)39(29)21-7-4-3-5-8-21)37-30-27-25(40)15-16-38(31(27)36-18-35-30)17-20-11-13-22(42-2)14-12-20/h3-14,18-19H,15-17H2,1-2H3,(H,35,36,37)/t19-/m0/s1. The van der Waals surface area contributed by atoms with Crippen molar-refractivity contribution < 1.29 is 13.9 Å². The average Bonchev–Trinajstić information content (AvgIpc) is 3.01. The van der Waals surface area contributed by atoms with E-state index in [2.05, 4.69) is 15.3 Å². The topological polar surface area (TPSA) is 89.4 Å². The highest BCUT2D eigenvalue weighted by atomic mass is 35.5. The number of aromatic nitrogens is 3. The largest absolute Gasteiger partial charge is 0.497 e. The molecule has 5 aromatic rings. The van der Waals surface area contributed by atoms with Crippen molar-refractivity contribution in [3.63, 3.8) is 0 Å². The Morgan fingerprint density at radius 3 is 2.52 bits per heavy atom. The van der Waals surface area contributed by atoms with Crippen molar-refractivity contribution in [2.75, 3.05) is 23.9 Å². The van der Waals surface area contributed by atoms with Gasteiger partial charge in [0.15, 0.2) is 11.6 Å². The normalized spacial score (nSPS) is 13.6. The molecule has 0 saturated heterocycles. The number of rotatable bonds is 7. The number of Topliss-reactive ketones (excluding diaryl/α,β-unsaturated/α-hetero) is 1. The maximum Gasteiger partial charge on any atom is 0.264 e. The molecule has 3 heterocycles. The number of para-hydroxylation sites is 1. The van der Waals surface area contributed by atoms with Crippen molar-refractivity contribution in [3.05, 3.63) is 117 Å². The highest BCUT2D eigenvalue weighted by Crippen LogP contribution is 2.34. The average molecular weight is 584 g/mol. The van der Waals surface area contributed by atoms with Gasteiger partial charge in [0, 0.05) is 30.6 Å². The highest BCUT2D eigenvalue weighted by Gasteiger charge is 2.30. The van der Waals surface area contributed by atoms with E-state index >= 15 is 4.39 Å². The molecule has 3 aromatic carbocycles. The Kier molecular flexibility index (Phi) is 7.34. The van der Waals surface area contributed by atoms with Gasteiger partial charge in [-0.3, -0.25) is 14.2 Å². The molecular weight excluding hydrogens is 557 g/mol. The minimum absolute atomic E-state index is 0.0895. The molecule has 0 amide bonds. The van der Waals surface area contributed by atoms with E-state index in [4.69, 9.17) is 16.3 Å². The van der Waals surface area contributed by atoms with E-state index in [1.165, 1.54) is 17.0 Å². The van der Waals surface area contributed by atoms with Crippen molar-refractivity contribution in [1.82, 2.24) is 14.5 Å². The fourth-order valence-corrected chi connectivity index (χ4v) is 5.68. The Labute approximate surface area is 246 Å². The predicted molar refractivity (Wildman–Crippen MR) is 162 cm³/mol. The quantitative estimate of drug-likeness (QED) is 0.239. The van der Waals surface area contributed by atoms with Crippen LogP contribution in [-0.4, -0.2) is 34.0 Å². The molecular formula is C32H27ClFN5O3. The van der Waals surface area contributed by atoms with Gasteiger partial charge < -0.3 is 15.0 Å². The Balaban J connectivity index is 1.42. The van der Waals surface area contributed by atoms with Crippen LogP contribution in [-0.2, 0) is 6.54 Å². The third kappa shape index (κ3) is 4.86. The maximum atomic E-state index is 16.3. The Hall–Kier alpha value is -4.76. The van der Waals surface area contributed by atoms with Gasteiger partial charge in [0.25, 0.3) is 5.56 Å². The zero-order valence-corrected chi connectivity index (χ0v) is 23.7. The van der Waals surface area contributed by atoms with E-state index in [1.54, 1.807) is 50.4 Å². The number of nitrogens with zero attached hydrogens (tertiary/aromatic N) is 4. The Bertz CT molecular complexity index is 1860. The van der Waals surface area contributed by atoms with Gasteiger partial charge >= 0.3 is 0 Å². The first kappa shape index (κ1) is 27.4. The lowest BCUT2D eigenvalue weighted by Gasteiger charge is -2.31. The zero-order chi connectivity index (χ0) is 29.4. The van der Waals surface area contributed by atoms with Gasteiger partial charge in [-0.1, -0.05) is 54.1 Å². The fourth-order valence-electron chi connectivity index (χ4n) is 5.43. The molecule has 0 saturated carbocycles. The molecule has 0 fully saturated rings. The number of ether oxygens (including phenoxy) is 1. The van der Waals surface area contributed by atoms with E-state index in [1.807, 2.05) is 35.2 Å². The highest BCUT2D eigenvalue weighted by molar-refractivity contribution is 6.35. The molecule has 6 rings (SSSR count). The lowest BCUT2D eigenvalue weighted by molar-refractivity contribution is 0.0979. The van der Waals surface area contributed by atoms with Crippen LogP contribution in [0, 0.1) is 5.82 Å². The number of nitrogens with one attached hydrogen (secondary N) is 1. The van der Waals surface area contributed by atoms with Crippen LogP contribution in [0.3, 0.4) is 0 Å². The van der Waals surface area contributed by atoms with Crippen LogP contribution in [0.25, 0.3) is 16.5 Å². The summed E-state index contributed by atoms with van der Waals surface area (Å²) in [5.74, 6) is 0.823. The van der Waals surface area contributed by atoms with Gasteiger partial charge in [-0.25, -0.2) is 14.4 Å². The Morgan fingerprint density at radius 2 is 1.79 bits per heavy atom. The summed E-state index contributed by atoms with van der Waals surface area (Å²) in [5.41, 5.74) is 1.49. The number of halogens is 2. The summed E-state index contributed by atoms with van der Waals surface area (Å²) in [6.45, 7) is 2.76. The molecule has 0 radical (unpaired) electrons. The minimum Gasteiger partial charge on any atom is -0.497 e. The van der Waals surface area contributed by atoms with E-state index in [9.17, 15) is 9.59 Å². The van der Waals surface area contributed by atoms with E-state index in [0.717, 1.165) is 11.3 Å². The number of carbonyl (C=O) groups is 1. The van der Waals surface area contributed by atoms with Crippen LogP contribution in [0.4, 0.5) is 16.0 Å². The Morgan fingerprint density at radius 1 is 1.02 bits per heavy atom. The number of hydrogen-bond acceptors (Lipinski definition) is 7. The third-order valence-electron chi connectivity index (χ3n) is 7.46. The first-order valence-electron chi connectivity index (χ1n) is 13.5. The molecule has 1 N–H and O–H groups in total. The van der Waals surface area contributed by atoms with Crippen molar-refractivity contribution in [2.45, 2.75) is 25.9 Å². The van der Waals surface area contributed by atoms with E-state index in [0.29, 0.717) is 30.2 Å². The van der Waals surface area contributed by atoms with Gasteiger partial charge in [0.1, 0.15) is 29.3 Å². The minimum atomic E-state index is -0.773. The SMILES string of the molecule is COc1ccc(CN2CCC(=O)c3c(N[C@@H](C)c4c(F)c5cccc(Cl)c5c(=O)n4-c4ccccc4)ncnc32)cc1. The summed E-state index contributed by atoms with van der Waals surface area (Å²) >= 11 is 6.38. The maximum absolute atomic E-state index is 16.3. The number of anilines is 2. The number of benzene rings is 3. The summed E-state index contributed by atoms with van der Waals surface area (Å²) in [4.78, 5) is 37.9. The van der Waals surface area contributed by atoms with Gasteiger partial charge in [0.2, 0.25) is 0 Å². The summed E-state index contributed by atoms with van der Waals surface area (Å²) in [7, 11) is 1.62. The second-order valence-corrected chi connectivity index (χ2v) is 10.5.